The fraction of sp³-hybridized carbons (Fsp3) is 0.263. The molecule has 1 heterocycles. The van der Waals surface area contributed by atoms with Crippen molar-refractivity contribution in [1.29, 1.82) is 0 Å². The molecule has 1 aliphatic carbocycles. The second kappa shape index (κ2) is 6.00. The number of fused-ring (bicyclic) bond motifs is 2. The van der Waals surface area contributed by atoms with Gasteiger partial charge < -0.3 is 15.5 Å². The van der Waals surface area contributed by atoms with Gasteiger partial charge in [-0.25, -0.2) is 4.79 Å². The maximum atomic E-state index is 12.7. The lowest BCUT2D eigenvalue weighted by Gasteiger charge is -2.23. The topological polar surface area (TPSA) is 61.4 Å². The van der Waals surface area contributed by atoms with Gasteiger partial charge >= 0.3 is 6.03 Å². The number of carbonyl (C=O) groups is 2. The second-order valence-corrected chi connectivity index (χ2v) is 6.30. The molecule has 24 heavy (non-hydrogen) atoms. The van der Waals surface area contributed by atoms with Crippen LogP contribution < -0.4 is 10.6 Å². The van der Waals surface area contributed by atoms with Crippen LogP contribution in [0.4, 0.5) is 10.5 Å². The Hall–Kier alpha value is -2.82. The molecule has 1 aliphatic heterocycles. The van der Waals surface area contributed by atoms with Crippen molar-refractivity contribution >= 4 is 17.6 Å². The summed E-state index contributed by atoms with van der Waals surface area (Å²) in [5, 5.41) is 5.95. The van der Waals surface area contributed by atoms with E-state index in [1.54, 1.807) is 4.90 Å². The Kier molecular flexibility index (Phi) is 3.69. The third-order valence-electron chi connectivity index (χ3n) is 4.70. The average molecular weight is 321 g/mol. The van der Waals surface area contributed by atoms with Crippen molar-refractivity contribution in [2.24, 2.45) is 0 Å². The first-order valence-corrected chi connectivity index (χ1v) is 8.22. The van der Waals surface area contributed by atoms with E-state index in [1.807, 2.05) is 36.4 Å². The van der Waals surface area contributed by atoms with Crippen molar-refractivity contribution in [3.63, 3.8) is 0 Å². The Morgan fingerprint density at radius 3 is 2.67 bits per heavy atom. The second-order valence-electron chi connectivity index (χ2n) is 6.30. The molecule has 122 valence electrons. The molecule has 0 radical (unpaired) electrons. The number of nitrogens with zero attached hydrogens (tertiary/aromatic N) is 1. The van der Waals surface area contributed by atoms with Gasteiger partial charge in [0.05, 0.1) is 12.6 Å². The lowest BCUT2D eigenvalue weighted by atomic mass is 10.1. The van der Waals surface area contributed by atoms with E-state index in [4.69, 9.17) is 0 Å². The Labute approximate surface area is 140 Å². The number of anilines is 1. The van der Waals surface area contributed by atoms with Crippen LogP contribution in [0.1, 0.15) is 29.2 Å². The first-order valence-electron chi connectivity index (χ1n) is 8.22. The highest BCUT2D eigenvalue weighted by molar-refractivity contribution is 5.96. The molecule has 3 amide bonds. The number of para-hydroxylation sites is 1. The van der Waals surface area contributed by atoms with Crippen LogP contribution in [0, 0.1) is 0 Å². The number of amides is 3. The fourth-order valence-corrected chi connectivity index (χ4v) is 3.50. The predicted molar refractivity (Wildman–Crippen MR) is 91.5 cm³/mol. The molecule has 0 spiro atoms. The number of nitrogens with one attached hydrogen (secondary N) is 2. The van der Waals surface area contributed by atoms with Crippen LogP contribution in [0.3, 0.4) is 0 Å². The summed E-state index contributed by atoms with van der Waals surface area (Å²) in [6, 6.07) is 15.6. The average Bonchev–Trinajstić information content (AvgIpc) is 2.90. The van der Waals surface area contributed by atoms with Gasteiger partial charge in [0.15, 0.2) is 0 Å². The van der Waals surface area contributed by atoms with Crippen LogP contribution in [0.25, 0.3) is 0 Å². The quantitative estimate of drug-likeness (QED) is 0.848. The van der Waals surface area contributed by atoms with E-state index in [1.165, 1.54) is 11.1 Å². The molecule has 2 aliphatic rings. The van der Waals surface area contributed by atoms with Gasteiger partial charge in [-0.05, 0) is 35.6 Å². The molecule has 4 rings (SSSR count). The van der Waals surface area contributed by atoms with Crippen molar-refractivity contribution in [3.8, 4) is 0 Å². The maximum Gasteiger partial charge on any atom is 0.318 e. The molecule has 1 unspecified atom stereocenters. The number of carbonyl (C=O) groups excluding carboxylic acids is 2. The molecule has 0 saturated heterocycles. The van der Waals surface area contributed by atoms with Crippen molar-refractivity contribution in [2.45, 2.75) is 25.4 Å². The minimum absolute atomic E-state index is 0.0234. The van der Waals surface area contributed by atoms with Crippen LogP contribution in [-0.2, 0) is 17.8 Å². The highest BCUT2D eigenvalue weighted by atomic mass is 16.2. The lowest BCUT2D eigenvalue weighted by Crippen LogP contribution is -2.43. The molecule has 0 saturated carbocycles. The predicted octanol–water partition coefficient (Wildman–Crippen LogP) is 2.84. The van der Waals surface area contributed by atoms with Gasteiger partial charge in [0.25, 0.3) is 0 Å². The standard InChI is InChI=1S/C19H19N3O2/c23-18-12-22(11-14-6-2-4-8-16(14)20-18)19(24)21-17-10-9-13-5-1-3-7-15(13)17/h1-8,17H,9-12H2,(H,20,23)(H,21,24). The fourth-order valence-electron chi connectivity index (χ4n) is 3.50. The van der Waals surface area contributed by atoms with E-state index in [0.717, 1.165) is 24.1 Å². The van der Waals surface area contributed by atoms with Gasteiger partial charge in [0, 0.05) is 5.69 Å². The number of aryl methyl sites for hydroxylation is 1. The highest BCUT2D eigenvalue weighted by Gasteiger charge is 2.28. The van der Waals surface area contributed by atoms with Crippen LogP contribution in [-0.4, -0.2) is 23.4 Å². The SMILES string of the molecule is O=C1CN(C(=O)NC2CCc3ccccc32)Cc2ccccc2N1. The first kappa shape index (κ1) is 14.8. The largest absolute Gasteiger partial charge is 0.331 e. The zero-order valence-electron chi connectivity index (χ0n) is 13.3. The Bertz CT molecular complexity index is 803. The van der Waals surface area contributed by atoms with Crippen molar-refractivity contribution in [2.75, 3.05) is 11.9 Å². The van der Waals surface area contributed by atoms with Crippen LogP contribution in [0.15, 0.2) is 48.5 Å². The summed E-state index contributed by atoms with van der Waals surface area (Å²) < 4.78 is 0. The number of hydrogen-bond acceptors (Lipinski definition) is 2. The van der Waals surface area contributed by atoms with E-state index in [-0.39, 0.29) is 24.5 Å². The number of urea groups is 1. The Balaban J connectivity index is 1.52. The smallest absolute Gasteiger partial charge is 0.318 e. The van der Waals surface area contributed by atoms with Crippen LogP contribution >= 0.6 is 0 Å². The molecule has 2 N–H and O–H groups in total. The van der Waals surface area contributed by atoms with E-state index < -0.39 is 0 Å². The number of benzene rings is 2. The summed E-state index contributed by atoms with van der Waals surface area (Å²) in [5.41, 5.74) is 4.21. The van der Waals surface area contributed by atoms with Gasteiger partial charge in [-0.2, -0.15) is 0 Å². The first-order chi connectivity index (χ1) is 11.7. The van der Waals surface area contributed by atoms with Gasteiger partial charge in [-0.1, -0.05) is 42.5 Å². The molecule has 0 fully saturated rings. The zero-order chi connectivity index (χ0) is 16.5. The molecule has 2 aromatic rings. The number of hydrogen-bond donors (Lipinski definition) is 2. The normalized spacial score (nSPS) is 19.1. The van der Waals surface area contributed by atoms with Gasteiger partial charge in [0.2, 0.25) is 5.91 Å². The van der Waals surface area contributed by atoms with Gasteiger partial charge in [-0.3, -0.25) is 4.79 Å². The summed E-state index contributed by atoms with van der Waals surface area (Å²) in [7, 11) is 0. The lowest BCUT2D eigenvalue weighted by molar-refractivity contribution is -0.116. The van der Waals surface area contributed by atoms with E-state index in [2.05, 4.69) is 22.8 Å². The summed E-state index contributed by atoms with van der Waals surface area (Å²) in [4.78, 5) is 26.3. The van der Waals surface area contributed by atoms with Gasteiger partial charge in [-0.15, -0.1) is 0 Å². The molecule has 0 bridgehead atoms. The van der Waals surface area contributed by atoms with Crippen molar-refractivity contribution < 1.29 is 9.59 Å². The van der Waals surface area contributed by atoms with E-state index >= 15 is 0 Å². The number of rotatable bonds is 1. The summed E-state index contributed by atoms with van der Waals surface area (Å²) in [5.74, 6) is -0.165. The molecular weight excluding hydrogens is 302 g/mol. The zero-order valence-corrected chi connectivity index (χ0v) is 13.3. The third-order valence-corrected chi connectivity index (χ3v) is 4.70. The van der Waals surface area contributed by atoms with Crippen LogP contribution in [0.2, 0.25) is 0 Å². The maximum absolute atomic E-state index is 12.7. The Morgan fingerprint density at radius 2 is 1.79 bits per heavy atom. The summed E-state index contributed by atoms with van der Waals surface area (Å²) in [6.07, 6.45) is 1.88. The molecule has 5 nitrogen and oxygen atoms in total. The molecular formula is C19H19N3O2. The third kappa shape index (κ3) is 2.73. The van der Waals surface area contributed by atoms with Gasteiger partial charge in [0.1, 0.15) is 6.54 Å². The van der Waals surface area contributed by atoms with E-state index in [9.17, 15) is 9.59 Å². The van der Waals surface area contributed by atoms with Crippen molar-refractivity contribution in [3.05, 3.63) is 65.2 Å². The van der Waals surface area contributed by atoms with E-state index in [0.29, 0.717) is 6.54 Å². The minimum Gasteiger partial charge on any atom is -0.331 e. The van der Waals surface area contributed by atoms with Crippen LogP contribution in [0.5, 0.6) is 0 Å². The molecule has 0 aromatic heterocycles. The summed E-state index contributed by atoms with van der Waals surface area (Å²) >= 11 is 0. The monoisotopic (exact) mass is 321 g/mol. The molecule has 2 aromatic carbocycles. The molecule has 5 heteroatoms. The molecule has 1 atom stereocenters. The Morgan fingerprint density at radius 1 is 1.04 bits per heavy atom. The highest BCUT2D eigenvalue weighted by Crippen LogP contribution is 2.31. The minimum atomic E-state index is -0.191. The summed E-state index contributed by atoms with van der Waals surface area (Å²) in [6.45, 7) is 0.490. The van der Waals surface area contributed by atoms with Crippen molar-refractivity contribution in [1.82, 2.24) is 10.2 Å².